The lowest BCUT2D eigenvalue weighted by atomic mass is 9.94. The van der Waals surface area contributed by atoms with Gasteiger partial charge >= 0.3 is 0 Å². The number of allylic oxidation sites excluding steroid dienone is 1. The lowest BCUT2D eigenvalue weighted by molar-refractivity contribution is 0.331. The Labute approximate surface area is 104 Å². The molecule has 0 aliphatic rings. The van der Waals surface area contributed by atoms with Gasteiger partial charge in [-0.25, -0.2) is 0 Å². The smallest absolute Gasteiger partial charge is 0.119 e. The fourth-order valence-electron chi connectivity index (χ4n) is 1.87. The van der Waals surface area contributed by atoms with E-state index in [1.807, 2.05) is 26.0 Å². The fourth-order valence-corrected chi connectivity index (χ4v) is 1.87. The summed E-state index contributed by atoms with van der Waals surface area (Å²) in [7, 11) is 0. The lowest BCUT2D eigenvalue weighted by Crippen LogP contribution is -1.94. The molecular weight excluding hydrogens is 212 g/mol. The van der Waals surface area contributed by atoms with Crippen LogP contribution in [0.25, 0.3) is 0 Å². The highest BCUT2D eigenvalue weighted by atomic mass is 16.3. The van der Waals surface area contributed by atoms with E-state index >= 15 is 0 Å². The maximum absolute atomic E-state index is 9.86. The molecule has 1 aromatic rings. The van der Waals surface area contributed by atoms with Gasteiger partial charge < -0.3 is 10.2 Å². The zero-order valence-electron chi connectivity index (χ0n) is 10.9. The van der Waals surface area contributed by atoms with E-state index in [2.05, 4.69) is 13.0 Å². The molecule has 0 saturated heterocycles. The van der Waals surface area contributed by atoms with E-state index in [0.717, 1.165) is 29.5 Å². The van der Waals surface area contributed by atoms with E-state index in [1.54, 1.807) is 6.07 Å². The van der Waals surface area contributed by atoms with E-state index in [0.29, 0.717) is 11.7 Å². The predicted molar refractivity (Wildman–Crippen MR) is 71.3 cm³/mol. The van der Waals surface area contributed by atoms with Gasteiger partial charge in [-0.1, -0.05) is 30.7 Å². The fraction of sp³-hybridized carbons (Fsp3) is 0.467. The SMILES string of the molecule is C/C(=C\CC[C@H](C)c1ccc(C)cc1O)CO. The minimum Gasteiger partial charge on any atom is -0.508 e. The van der Waals surface area contributed by atoms with Crippen LogP contribution in [-0.4, -0.2) is 16.8 Å². The summed E-state index contributed by atoms with van der Waals surface area (Å²) in [4.78, 5) is 0. The molecule has 0 amide bonds. The highest BCUT2D eigenvalue weighted by Gasteiger charge is 2.09. The van der Waals surface area contributed by atoms with E-state index in [4.69, 9.17) is 5.11 Å². The van der Waals surface area contributed by atoms with Crippen LogP contribution in [-0.2, 0) is 0 Å². The molecule has 94 valence electrons. The van der Waals surface area contributed by atoms with E-state index in [9.17, 15) is 5.11 Å². The van der Waals surface area contributed by atoms with Crippen molar-refractivity contribution < 1.29 is 10.2 Å². The number of rotatable bonds is 5. The molecule has 2 nitrogen and oxygen atoms in total. The number of hydrogen-bond donors (Lipinski definition) is 2. The number of aliphatic hydroxyl groups is 1. The van der Waals surface area contributed by atoms with Crippen LogP contribution in [0, 0.1) is 6.92 Å². The molecule has 2 heteroatoms. The molecule has 0 unspecified atom stereocenters. The molecule has 0 bridgehead atoms. The number of hydrogen-bond acceptors (Lipinski definition) is 2. The first-order valence-electron chi connectivity index (χ1n) is 6.10. The average molecular weight is 234 g/mol. The van der Waals surface area contributed by atoms with Crippen LogP contribution >= 0.6 is 0 Å². The summed E-state index contributed by atoms with van der Waals surface area (Å²) in [5, 5.41) is 18.7. The van der Waals surface area contributed by atoms with Crippen LogP contribution in [0.3, 0.4) is 0 Å². The van der Waals surface area contributed by atoms with Gasteiger partial charge in [-0.3, -0.25) is 0 Å². The van der Waals surface area contributed by atoms with Crippen molar-refractivity contribution in [3.8, 4) is 5.75 Å². The summed E-state index contributed by atoms with van der Waals surface area (Å²) >= 11 is 0. The predicted octanol–water partition coefficient (Wildman–Crippen LogP) is 3.52. The molecule has 1 aromatic carbocycles. The molecule has 0 aliphatic heterocycles. The third-order valence-electron chi connectivity index (χ3n) is 3.06. The van der Waals surface area contributed by atoms with Gasteiger partial charge in [0.05, 0.1) is 6.61 Å². The molecule has 2 N–H and O–H groups in total. The van der Waals surface area contributed by atoms with Crippen LogP contribution in [0.1, 0.15) is 43.7 Å². The molecule has 0 aliphatic carbocycles. The van der Waals surface area contributed by atoms with Crippen molar-refractivity contribution in [1.29, 1.82) is 0 Å². The maximum Gasteiger partial charge on any atom is 0.119 e. The summed E-state index contributed by atoms with van der Waals surface area (Å²) in [6.45, 7) is 6.15. The Balaban J connectivity index is 2.61. The zero-order valence-corrected chi connectivity index (χ0v) is 10.9. The average Bonchev–Trinajstić information content (AvgIpc) is 2.28. The number of aromatic hydroxyl groups is 1. The van der Waals surface area contributed by atoms with Crippen LogP contribution < -0.4 is 0 Å². The molecule has 0 aromatic heterocycles. The van der Waals surface area contributed by atoms with Crippen LogP contribution in [0.2, 0.25) is 0 Å². The lowest BCUT2D eigenvalue weighted by Gasteiger charge is -2.13. The van der Waals surface area contributed by atoms with E-state index in [1.165, 1.54) is 0 Å². The van der Waals surface area contributed by atoms with Crippen molar-refractivity contribution >= 4 is 0 Å². The van der Waals surface area contributed by atoms with Crippen molar-refractivity contribution in [3.63, 3.8) is 0 Å². The van der Waals surface area contributed by atoms with Crippen molar-refractivity contribution in [3.05, 3.63) is 41.0 Å². The Morgan fingerprint density at radius 3 is 2.71 bits per heavy atom. The first-order chi connectivity index (χ1) is 8.04. The number of aryl methyl sites for hydroxylation is 1. The van der Waals surface area contributed by atoms with Crippen LogP contribution in [0.4, 0.5) is 0 Å². The summed E-state index contributed by atoms with van der Waals surface area (Å²) in [6, 6.07) is 5.83. The van der Waals surface area contributed by atoms with Gasteiger partial charge in [0.25, 0.3) is 0 Å². The molecule has 0 fully saturated rings. The van der Waals surface area contributed by atoms with Gasteiger partial charge in [0, 0.05) is 0 Å². The third-order valence-corrected chi connectivity index (χ3v) is 3.06. The first kappa shape index (κ1) is 13.8. The number of benzene rings is 1. The van der Waals surface area contributed by atoms with E-state index < -0.39 is 0 Å². The number of phenols is 1. The summed E-state index contributed by atoms with van der Waals surface area (Å²) in [5.74, 6) is 0.721. The molecule has 1 atom stereocenters. The van der Waals surface area contributed by atoms with Crippen LogP contribution in [0.15, 0.2) is 29.8 Å². The summed E-state index contributed by atoms with van der Waals surface area (Å²) < 4.78 is 0. The molecule has 0 spiro atoms. The number of aliphatic hydroxyl groups excluding tert-OH is 1. The van der Waals surface area contributed by atoms with Gasteiger partial charge in [-0.2, -0.15) is 0 Å². The maximum atomic E-state index is 9.86. The van der Waals surface area contributed by atoms with Gasteiger partial charge in [0.15, 0.2) is 0 Å². The van der Waals surface area contributed by atoms with Crippen molar-refractivity contribution in [2.45, 2.75) is 39.5 Å². The first-order valence-corrected chi connectivity index (χ1v) is 6.10. The highest BCUT2D eigenvalue weighted by Crippen LogP contribution is 2.29. The monoisotopic (exact) mass is 234 g/mol. The topological polar surface area (TPSA) is 40.5 Å². The second kappa shape index (κ2) is 6.45. The Hall–Kier alpha value is -1.28. The minimum absolute atomic E-state index is 0.129. The third kappa shape index (κ3) is 4.23. The normalized spacial score (nSPS) is 13.8. The molecule has 0 radical (unpaired) electrons. The molecule has 0 heterocycles. The second-order valence-electron chi connectivity index (χ2n) is 4.75. The Kier molecular flexibility index (Phi) is 5.23. The van der Waals surface area contributed by atoms with Crippen molar-refractivity contribution in [1.82, 2.24) is 0 Å². The number of phenolic OH excluding ortho intramolecular Hbond substituents is 1. The van der Waals surface area contributed by atoms with Crippen molar-refractivity contribution in [2.75, 3.05) is 6.61 Å². The van der Waals surface area contributed by atoms with Gasteiger partial charge in [-0.05, 0) is 49.8 Å². The Morgan fingerprint density at radius 2 is 2.12 bits per heavy atom. The second-order valence-corrected chi connectivity index (χ2v) is 4.75. The molecule has 1 rings (SSSR count). The van der Waals surface area contributed by atoms with Crippen molar-refractivity contribution in [2.24, 2.45) is 0 Å². The van der Waals surface area contributed by atoms with E-state index in [-0.39, 0.29) is 6.61 Å². The molecule has 17 heavy (non-hydrogen) atoms. The molecule has 0 saturated carbocycles. The highest BCUT2D eigenvalue weighted by molar-refractivity contribution is 5.38. The zero-order chi connectivity index (χ0) is 12.8. The molecular formula is C15H22O2. The summed E-state index contributed by atoms with van der Waals surface area (Å²) in [6.07, 6.45) is 3.97. The quantitative estimate of drug-likeness (QED) is 0.765. The summed E-state index contributed by atoms with van der Waals surface area (Å²) in [5.41, 5.74) is 3.09. The van der Waals surface area contributed by atoms with Gasteiger partial charge in [0.2, 0.25) is 0 Å². The van der Waals surface area contributed by atoms with Gasteiger partial charge in [0.1, 0.15) is 5.75 Å². The Morgan fingerprint density at radius 1 is 1.41 bits per heavy atom. The standard InChI is InChI=1S/C15H22O2/c1-11-7-8-14(15(17)9-11)13(3)6-4-5-12(2)10-16/h5,7-9,13,16-17H,4,6,10H2,1-3H3/b12-5+/t13-/m0/s1. The largest absolute Gasteiger partial charge is 0.508 e. The Bertz CT molecular complexity index is 394. The van der Waals surface area contributed by atoms with Gasteiger partial charge in [-0.15, -0.1) is 0 Å². The minimum atomic E-state index is 0.129. The van der Waals surface area contributed by atoms with Crippen LogP contribution in [0.5, 0.6) is 5.75 Å².